The largest absolute Gasteiger partial charge is 0.391 e. The van der Waals surface area contributed by atoms with Crippen molar-refractivity contribution in [2.24, 2.45) is 0 Å². The molecule has 1 rings (SSSR count). The summed E-state index contributed by atoms with van der Waals surface area (Å²) in [6.07, 6.45) is 2.40. The average molecular weight is 213 g/mol. The Morgan fingerprint density at radius 2 is 2.53 bits per heavy atom. The number of ether oxygens (including phenoxy) is 1. The van der Waals surface area contributed by atoms with E-state index in [-0.39, 0.29) is 12.0 Å². The number of aliphatic hydroxyl groups excluding tert-OH is 1. The fourth-order valence-corrected chi connectivity index (χ4v) is 1.60. The first kappa shape index (κ1) is 12.2. The fourth-order valence-electron chi connectivity index (χ4n) is 1.60. The molecule has 4 heteroatoms. The number of hydrogen-bond acceptors (Lipinski definition) is 3. The molecule has 0 aromatic rings. The highest BCUT2D eigenvalue weighted by Gasteiger charge is 2.27. The van der Waals surface area contributed by atoms with Crippen molar-refractivity contribution < 1.29 is 14.6 Å². The Balaban J connectivity index is 2.29. The van der Waals surface area contributed by atoms with Crippen LogP contribution in [0.15, 0.2) is 12.7 Å². The smallest absolute Gasteiger partial charge is 0.251 e. The van der Waals surface area contributed by atoms with Crippen molar-refractivity contribution in [3.63, 3.8) is 0 Å². The zero-order valence-electron chi connectivity index (χ0n) is 9.19. The third-order valence-electron chi connectivity index (χ3n) is 2.51. The van der Waals surface area contributed by atoms with Crippen LogP contribution in [0.3, 0.4) is 0 Å². The standard InChI is InChI=1S/C11H19NO3/c1-3-4-7-15-9(2)11(14)12-6-5-10(13)8-12/h3,9-10,13H,1,4-8H2,2H3/t9?,10-/m1/s1. The lowest BCUT2D eigenvalue weighted by atomic mass is 10.3. The quantitative estimate of drug-likeness (QED) is 0.536. The number of carbonyl (C=O) groups is 1. The SMILES string of the molecule is C=CCCOC(C)C(=O)N1CC[C@@H](O)C1. The van der Waals surface area contributed by atoms with E-state index in [1.165, 1.54) is 0 Å². The predicted octanol–water partition coefficient (Wildman–Crippen LogP) is 0.561. The van der Waals surface area contributed by atoms with E-state index in [1.54, 1.807) is 17.9 Å². The van der Waals surface area contributed by atoms with Gasteiger partial charge in [-0.2, -0.15) is 0 Å². The van der Waals surface area contributed by atoms with Gasteiger partial charge in [-0.15, -0.1) is 6.58 Å². The maximum Gasteiger partial charge on any atom is 0.251 e. The van der Waals surface area contributed by atoms with Crippen molar-refractivity contribution in [1.29, 1.82) is 0 Å². The van der Waals surface area contributed by atoms with Gasteiger partial charge in [-0.3, -0.25) is 4.79 Å². The second-order valence-electron chi connectivity index (χ2n) is 3.82. The Hall–Kier alpha value is -0.870. The number of rotatable bonds is 5. The van der Waals surface area contributed by atoms with Crippen LogP contribution in [0, 0.1) is 0 Å². The molecule has 1 saturated heterocycles. The van der Waals surface area contributed by atoms with E-state index < -0.39 is 6.10 Å². The molecule has 1 unspecified atom stereocenters. The summed E-state index contributed by atoms with van der Waals surface area (Å²) >= 11 is 0. The van der Waals surface area contributed by atoms with Gasteiger partial charge < -0.3 is 14.7 Å². The lowest BCUT2D eigenvalue weighted by Gasteiger charge is -2.20. The highest BCUT2D eigenvalue weighted by Crippen LogP contribution is 2.11. The van der Waals surface area contributed by atoms with Crippen LogP contribution in [0.25, 0.3) is 0 Å². The number of amides is 1. The van der Waals surface area contributed by atoms with Gasteiger partial charge in [0.15, 0.2) is 0 Å². The first-order valence-corrected chi connectivity index (χ1v) is 5.34. The van der Waals surface area contributed by atoms with Crippen molar-refractivity contribution in [3.05, 3.63) is 12.7 Å². The van der Waals surface area contributed by atoms with Gasteiger partial charge in [0.1, 0.15) is 6.10 Å². The molecule has 0 bridgehead atoms. The van der Waals surface area contributed by atoms with Crippen LogP contribution in [0.2, 0.25) is 0 Å². The van der Waals surface area contributed by atoms with Crippen LogP contribution in [0.1, 0.15) is 19.8 Å². The second kappa shape index (κ2) is 5.88. The van der Waals surface area contributed by atoms with Gasteiger partial charge in [0, 0.05) is 13.1 Å². The summed E-state index contributed by atoms with van der Waals surface area (Å²) in [4.78, 5) is 13.4. The molecule has 2 atom stereocenters. The molecule has 0 spiro atoms. The molecular weight excluding hydrogens is 194 g/mol. The Kier molecular flexibility index (Phi) is 4.78. The highest BCUT2D eigenvalue weighted by molar-refractivity contribution is 5.80. The van der Waals surface area contributed by atoms with E-state index in [1.807, 2.05) is 0 Å². The lowest BCUT2D eigenvalue weighted by molar-refractivity contribution is -0.141. The fraction of sp³-hybridized carbons (Fsp3) is 0.727. The van der Waals surface area contributed by atoms with E-state index in [2.05, 4.69) is 6.58 Å². The molecule has 0 aromatic heterocycles. The number of hydrogen-bond donors (Lipinski definition) is 1. The van der Waals surface area contributed by atoms with Gasteiger partial charge in [0.25, 0.3) is 5.91 Å². The molecule has 1 N–H and O–H groups in total. The van der Waals surface area contributed by atoms with Gasteiger partial charge >= 0.3 is 0 Å². The van der Waals surface area contributed by atoms with Crippen LogP contribution in [0.4, 0.5) is 0 Å². The topological polar surface area (TPSA) is 49.8 Å². The first-order chi connectivity index (χ1) is 7.15. The van der Waals surface area contributed by atoms with E-state index in [9.17, 15) is 9.90 Å². The van der Waals surface area contributed by atoms with Crippen molar-refractivity contribution in [2.75, 3.05) is 19.7 Å². The zero-order valence-corrected chi connectivity index (χ0v) is 9.19. The molecule has 0 saturated carbocycles. The van der Waals surface area contributed by atoms with Gasteiger partial charge in [-0.25, -0.2) is 0 Å². The third-order valence-corrected chi connectivity index (χ3v) is 2.51. The molecule has 1 fully saturated rings. The zero-order chi connectivity index (χ0) is 11.3. The number of carbonyl (C=O) groups excluding carboxylic acids is 1. The molecule has 1 amide bonds. The minimum absolute atomic E-state index is 0.0318. The average Bonchev–Trinajstić information content (AvgIpc) is 2.64. The minimum Gasteiger partial charge on any atom is -0.391 e. The molecule has 0 radical (unpaired) electrons. The van der Waals surface area contributed by atoms with E-state index >= 15 is 0 Å². The number of β-amino-alcohol motifs (C(OH)–C–C–N with tert-alkyl or cyclic N) is 1. The first-order valence-electron chi connectivity index (χ1n) is 5.34. The predicted molar refractivity (Wildman–Crippen MR) is 57.4 cm³/mol. The summed E-state index contributed by atoms with van der Waals surface area (Å²) in [5, 5.41) is 9.30. The third kappa shape index (κ3) is 3.64. The van der Waals surface area contributed by atoms with Crippen LogP contribution in [-0.4, -0.2) is 47.8 Å². The van der Waals surface area contributed by atoms with Crippen molar-refractivity contribution in [3.8, 4) is 0 Å². The highest BCUT2D eigenvalue weighted by atomic mass is 16.5. The lowest BCUT2D eigenvalue weighted by Crippen LogP contribution is -2.38. The summed E-state index contributed by atoms with van der Waals surface area (Å²) in [7, 11) is 0. The summed E-state index contributed by atoms with van der Waals surface area (Å²) in [6.45, 7) is 6.92. The van der Waals surface area contributed by atoms with Crippen LogP contribution >= 0.6 is 0 Å². The Morgan fingerprint density at radius 1 is 1.80 bits per heavy atom. The van der Waals surface area contributed by atoms with Crippen molar-refractivity contribution in [2.45, 2.75) is 32.0 Å². The summed E-state index contributed by atoms with van der Waals surface area (Å²) in [5.74, 6) is -0.0318. The van der Waals surface area contributed by atoms with Crippen molar-refractivity contribution >= 4 is 5.91 Å². The van der Waals surface area contributed by atoms with Crippen molar-refractivity contribution in [1.82, 2.24) is 4.90 Å². The van der Waals surface area contributed by atoms with Gasteiger partial charge in [0.05, 0.1) is 12.7 Å². The molecule has 86 valence electrons. The Bertz CT molecular complexity index is 230. The molecule has 0 aromatic carbocycles. The minimum atomic E-state index is -0.421. The van der Waals surface area contributed by atoms with E-state index in [4.69, 9.17) is 4.74 Å². The molecule has 15 heavy (non-hydrogen) atoms. The monoisotopic (exact) mass is 213 g/mol. The van der Waals surface area contributed by atoms with Crippen LogP contribution < -0.4 is 0 Å². The molecule has 4 nitrogen and oxygen atoms in total. The molecule has 1 aliphatic heterocycles. The van der Waals surface area contributed by atoms with Gasteiger partial charge in [-0.05, 0) is 19.8 Å². The Labute approximate surface area is 90.5 Å². The summed E-state index contributed by atoms with van der Waals surface area (Å²) < 4.78 is 5.35. The maximum absolute atomic E-state index is 11.7. The molecule has 0 aliphatic carbocycles. The number of likely N-dealkylation sites (tertiary alicyclic amines) is 1. The van der Waals surface area contributed by atoms with Crippen LogP contribution in [0.5, 0.6) is 0 Å². The summed E-state index contributed by atoms with van der Waals surface area (Å²) in [6, 6.07) is 0. The van der Waals surface area contributed by atoms with E-state index in [0.717, 1.165) is 6.42 Å². The summed E-state index contributed by atoms with van der Waals surface area (Å²) in [5.41, 5.74) is 0. The van der Waals surface area contributed by atoms with Gasteiger partial charge in [-0.1, -0.05) is 6.08 Å². The normalized spacial score (nSPS) is 22.8. The second-order valence-corrected chi connectivity index (χ2v) is 3.82. The molecular formula is C11H19NO3. The maximum atomic E-state index is 11.7. The molecule has 1 aliphatic rings. The van der Waals surface area contributed by atoms with Gasteiger partial charge in [0.2, 0.25) is 0 Å². The number of nitrogens with zero attached hydrogens (tertiary/aromatic N) is 1. The van der Waals surface area contributed by atoms with E-state index in [0.29, 0.717) is 26.1 Å². The molecule has 1 heterocycles. The van der Waals surface area contributed by atoms with Crippen LogP contribution in [-0.2, 0) is 9.53 Å². The number of aliphatic hydroxyl groups is 1. The Morgan fingerprint density at radius 3 is 3.07 bits per heavy atom.